The summed E-state index contributed by atoms with van der Waals surface area (Å²) in [5.74, 6) is -5.44. The zero-order chi connectivity index (χ0) is 27.3. The number of carboxylic acids is 1. The van der Waals surface area contributed by atoms with E-state index in [0.717, 1.165) is 18.2 Å². The van der Waals surface area contributed by atoms with E-state index in [-0.39, 0.29) is 23.5 Å². The third-order valence-corrected chi connectivity index (χ3v) is 5.68. The van der Waals surface area contributed by atoms with E-state index in [4.69, 9.17) is 9.47 Å². The quantitative estimate of drug-likeness (QED) is 0.156. The summed E-state index contributed by atoms with van der Waals surface area (Å²) in [6.07, 6.45) is -1.76. The van der Waals surface area contributed by atoms with E-state index in [1.165, 1.54) is 42.5 Å². The van der Waals surface area contributed by atoms with Crippen molar-refractivity contribution >= 4 is 30.1 Å². The van der Waals surface area contributed by atoms with Crippen LogP contribution in [0.5, 0.6) is 23.0 Å². The molecule has 4 atom stereocenters. The molecule has 3 rings (SSSR count). The number of carboxylic acid groups (broad SMARTS) is 1. The molecule has 2 aromatic carbocycles. The Hall–Kier alpha value is -4.55. The molecule has 0 radical (unpaired) electrons. The predicted molar refractivity (Wildman–Crippen MR) is 125 cm³/mol. The van der Waals surface area contributed by atoms with E-state index in [0.29, 0.717) is 5.56 Å². The number of hydrogen-bond acceptors (Lipinski definition) is 11. The molecule has 0 spiro atoms. The van der Waals surface area contributed by atoms with E-state index in [1.807, 2.05) is 0 Å². The largest absolute Gasteiger partial charge is 0.504 e. The van der Waals surface area contributed by atoms with Gasteiger partial charge in [-0.15, -0.1) is 0 Å². The molecule has 12 heteroatoms. The number of hydrogen-bond donors (Lipinski definition) is 7. The third-order valence-electron chi connectivity index (χ3n) is 5.68. The van der Waals surface area contributed by atoms with Crippen LogP contribution >= 0.6 is 0 Å². The first-order chi connectivity index (χ1) is 17.4. The van der Waals surface area contributed by atoms with Crippen LogP contribution in [0.15, 0.2) is 48.6 Å². The van der Waals surface area contributed by atoms with Gasteiger partial charge in [-0.05, 0) is 60.4 Å². The fourth-order valence-electron chi connectivity index (χ4n) is 3.65. The van der Waals surface area contributed by atoms with Crippen molar-refractivity contribution in [3.63, 3.8) is 0 Å². The highest BCUT2D eigenvalue weighted by Gasteiger charge is 2.56. The molecular weight excluding hydrogens is 492 g/mol. The number of ether oxygens (including phenoxy) is 2. The predicted octanol–water partition coefficient (Wildman–Crippen LogP) is 1.03. The molecule has 2 aromatic rings. The first-order valence-corrected chi connectivity index (χ1v) is 10.9. The van der Waals surface area contributed by atoms with Crippen LogP contribution in [0.4, 0.5) is 0 Å². The maximum Gasteiger partial charge on any atom is 0.339 e. The Bertz CT molecular complexity index is 1250. The molecule has 1 aliphatic rings. The zero-order valence-electron chi connectivity index (χ0n) is 19.1. The van der Waals surface area contributed by atoms with Crippen molar-refractivity contribution in [1.29, 1.82) is 0 Å². The number of rotatable bonds is 7. The summed E-state index contributed by atoms with van der Waals surface area (Å²) >= 11 is 0. The van der Waals surface area contributed by atoms with Gasteiger partial charge in [-0.25, -0.2) is 14.4 Å². The number of phenolic OH excluding ortho intramolecular Hbond substituents is 4. The van der Waals surface area contributed by atoms with E-state index < -0.39 is 59.7 Å². The molecule has 0 bridgehead atoms. The number of aliphatic hydroxyl groups excluding tert-OH is 1. The Morgan fingerprint density at radius 2 is 1.30 bits per heavy atom. The summed E-state index contributed by atoms with van der Waals surface area (Å²) < 4.78 is 10.2. The number of carbonyl (C=O) groups excluding carboxylic acids is 2. The molecule has 1 aliphatic carbocycles. The van der Waals surface area contributed by atoms with Crippen molar-refractivity contribution in [3.05, 3.63) is 59.7 Å². The summed E-state index contributed by atoms with van der Waals surface area (Å²) in [6, 6.07) is 7.48. The standard InChI is InChI=1S/C25H24O12/c26-15-5-1-13(11-17(15)28)3-7-20(30)36-19-9-10-25(35,24(33)34)23(22(19)32)37-21(31)8-4-14-2-6-16(27)18(29)12-14/h1-8,11-12,19,22-23,26-29,32,35H,9-10H2,(H,33,34)/b7-3+,8-4+/t19-,22+,23+,25-/m1/s1. The lowest BCUT2D eigenvalue weighted by molar-refractivity contribution is -0.220. The van der Waals surface area contributed by atoms with Gasteiger partial charge in [-0.2, -0.15) is 0 Å². The topological polar surface area (TPSA) is 211 Å². The second-order valence-electron chi connectivity index (χ2n) is 8.25. The van der Waals surface area contributed by atoms with Gasteiger partial charge in [0.05, 0.1) is 0 Å². The average molecular weight is 516 g/mol. The number of aromatic hydroxyl groups is 4. The lowest BCUT2D eigenvalue weighted by Crippen LogP contribution is -2.63. The Morgan fingerprint density at radius 1 is 0.811 bits per heavy atom. The van der Waals surface area contributed by atoms with Gasteiger partial charge in [0.15, 0.2) is 29.1 Å². The maximum atomic E-state index is 12.3. The fourth-order valence-corrected chi connectivity index (χ4v) is 3.65. The van der Waals surface area contributed by atoms with E-state index in [2.05, 4.69) is 0 Å². The molecule has 196 valence electrons. The van der Waals surface area contributed by atoms with E-state index >= 15 is 0 Å². The van der Waals surface area contributed by atoms with Crippen LogP contribution in [0.3, 0.4) is 0 Å². The minimum Gasteiger partial charge on any atom is -0.504 e. The summed E-state index contributed by atoms with van der Waals surface area (Å²) in [4.78, 5) is 36.3. The molecule has 0 unspecified atom stereocenters. The summed E-state index contributed by atoms with van der Waals surface area (Å²) in [7, 11) is 0. The molecular formula is C25H24O12. The third kappa shape index (κ3) is 6.37. The molecule has 0 aliphatic heterocycles. The Labute approximate surface area is 209 Å². The molecule has 0 saturated heterocycles. The molecule has 0 aromatic heterocycles. The van der Waals surface area contributed by atoms with Gasteiger partial charge in [-0.1, -0.05) is 12.1 Å². The molecule has 12 nitrogen and oxygen atoms in total. The monoisotopic (exact) mass is 516 g/mol. The van der Waals surface area contributed by atoms with Crippen LogP contribution in [0.25, 0.3) is 12.2 Å². The molecule has 37 heavy (non-hydrogen) atoms. The molecule has 1 saturated carbocycles. The average Bonchev–Trinajstić information content (AvgIpc) is 2.85. The first-order valence-electron chi connectivity index (χ1n) is 10.9. The highest BCUT2D eigenvalue weighted by Crippen LogP contribution is 2.34. The normalized spacial score (nSPS) is 23.7. The van der Waals surface area contributed by atoms with Crippen LogP contribution in [-0.2, 0) is 23.9 Å². The Morgan fingerprint density at radius 3 is 1.76 bits per heavy atom. The minimum atomic E-state index is -2.66. The highest BCUT2D eigenvalue weighted by molar-refractivity contribution is 5.89. The van der Waals surface area contributed by atoms with Gasteiger partial charge >= 0.3 is 17.9 Å². The van der Waals surface area contributed by atoms with E-state index in [1.54, 1.807) is 0 Å². The number of aliphatic hydroxyl groups is 2. The minimum absolute atomic E-state index is 0.264. The van der Waals surface area contributed by atoms with Gasteiger partial charge in [0.25, 0.3) is 0 Å². The zero-order valence-corrected chi connectivity index (χ0v) is 19.1. The van der Waals surface area contributed by atoms with Crippen LogP contribution in [-0.4, -0.2) is 77.6 Å². The maximum absolute atomic E-state index is 12.3. The summed E-state index contributed by atoms with van der Waals surface area (Å²) in [5, 5.41) is 68.5. The first kappa shape index (κ1) is 27.0. The molecule has 0 heterocycles. The van der Waals surface area contributed by atoms with Crippen molar-refractivity contribution in [2.45, 2.75) is 36.8 Å². The number of esters is 2. The Kier molecular flexibility index (Phi) is 8.05. The van der Waals surface area contributed by atoms with Crippen LogP contribution in [0, 0.1) is 0 Å². The van der Waals surface area contributed by atoms with Gasteiger partial charge in [-0.3, -0.25) is 0 Å². The lowest BCUT2D eigenvalue weighted by Gasteiger charge is -2.41. The van der Waals surface area contributed by atoms with Crippen molar-refractivity contribution in [1.82, 2.24) is 0 Å². The Balaban J connectivity index is 1.71. The van der Waals surface area contributed by atoms with Gasteiger partial charge in [0, 0.05) is 12.2 Å². The molecule has 0 amide bonds. The SMILES string of the molecule is O=C(/C=C/c1ccc(O)c(O)c1)O[C@@H]1CC[C@](O)(C(=O)O)[C@@H](OC(=O)/C=C/c2ccc(O)c(O)c2)[C@H]1O. The number of aliphatic carboxylic acids is 1. The van der Waals surface area contributed by atoms with Crippen LogP contribution < -0.4 is 0 Å². The van der Waals surface area contributed by atoms with Gasteiger partial charge in [0.1, 0.15) is 12.2 Å². The summed E-state index contributed by atoms with van der Waals surface area (Å²) in [5.41, 5.74) is -2.04. The number of phenols is 4. The van der Waals surface area contributed by atoms with Crippen molar-refractivity contribution < 1.29 is 59.6 Å². The smallest absolute Gasteiger partial charge is 0.339 e. The van der Waals surface area contributed by atoms with Gasteiger partial charge in [0.2, 0.25) is 5.60 Å². The second kappa shape index (κ2) is 11.0. The fraction of sp³-hybridized carbons (Fsp3) is 0.240. The molecule has 1 fully saturated rings. The number of carbonyl (C=O) groups is 3. The van der Waals surface area contributed by atoms with E-state index in [9.17, 15) is 50.1 Å². The van der Waals surface area contributed by atoms with Crippen molar-refractivity contribution in [2.24, 2.45) is 0 Å². The van der Waals surface area contributed by atoms with Crippen molar-refractivity contribution in [3.8, 4) is 23.0 Å². The second-order valence-corrected chi connectivity index (χ2v) is 8.25. The summed E-state index contributed by atoms with van der Waals surface area (Å²) in [6.45, 7) is 0. The number of benzene rings is 2. The van der Waals surface area contributed by atoms with Crippen LogP contribution in [0.1, 0.15) is 24.0 Å². The van der Waals surface area contributed by atoms with Gasteiger partial charge < -0.3 is 45.2 Å². The molecule has 7 N–H and O–H groups in total. The van der Waals surface area contributed by atoms with Crippen molar-refractivity contribution in [2.75, 3.05) is 0 Å². The highest BCUT2D eigenvalue weighted by atomic mass is 16.6. The van der Waals surface area contributed by atoms with Crippen LogP contribution in [0.2, 0.25) is 0 Å². The lowest BCUT2D eigenvalue weighted by atomic mass is 9.78.